The van der Waals surface area contributed by atoms with Crippen LogP contribution in [0, 0.1) is 5.41 Å². The zero-order valence-electron chi connectivity index (χ0n) is 18.0. The average molecular weight is 399 g/mol. The second kappa shape index (κ2) is 7.58. The van der Waals surface area contributed by atoms with E-state index in [9.17, 15) is 9.90 Å². The van der Waals surface area contributed by atoms with Gasteiger partial charge in [0.25, 0.3) is 0 Å². The van der Waals surface area contributed by atoms with Crippen LogP contribution in [-0.2, 0) is 6.42 Å². The van der Waals surface area contributed by atoms with Gasteiger partial charge in [-0.25, -0.2) is 9.78 Å². The molecule has 6 nitrogen and oxygen atoms in total. The predicted octanol–water partition coefficient (Wildman–Crippen LogP) is 5.22. The van der Waals surface area contributed by atoms with E-state index in [2.05, 4.69) is 30.2 Å². The van der Waals surface area contributed by atoms with E-state index in [1.54, 1.807) is 13.3 Å². The number of nitrogens with one attached hydrogen (secondary N) is 1. The van der Waals surface area contributed by atoms with Crippen LogP contribution >= 0.6 is 0 Å². The third-order valence-corrected chi connectivity index (χ3v) is 5.32. The molecule has 0 radical (unpaired) electrons. The summed E-state index contributed by atoms with van der Waals surface area (Å²) in [4.78, 5) is 15.7. The minimum Gasteiger partial charge on any atom is -0.496 e. The molecule has 0 bridgehead atoms. The van der Waals surface area contributed by atoms with E-state index in [-0.39, 0.29) is 17.1 Å². The van der Waals surface area contributed by atoms with Crippen LogP contribution in [0.3, 0.4) is 0 Å². The van der Waals surface area contributed by atoms with Crippen LogP contribution in [-0.4, -0.2) is 28.9 Å². The van der Waals surface area contributed by atoms with Gasteiger partial charge in [0.1, 0.15) is 11.4 Å². The lowest BCUT2D eigenvalue weighted by molar-refractivity contribution is 0.124. The molecule has 1 aromatic carbocycles. The van der Waals surface area contributed by atoms with Crippen molar-refractivity contribution in [1.29, 1.82) is 0 Å². The van der Waals surface area contributed by atoms with Crippen molar-refractivity contribution >= 4 is 6.09 Å². The molecule has 0 fully saturated rings. The molecule has 1 aromatic heterocycles. The number of hydrogen-bond acceptors (Lipinski definition) is 4. The predicted molar refractivity (Wildman–Crippen MR) is 113 cm³/mol. The van der Waals surface area contributed by atoms with Gasteiger partial charge in [0.15, 0.2) is 0 Å². The van der Waals surface area contributed by atoms with Crippen molar-refractivity contribution < 1.29 is 19.4 Å². The smallest absolute Gasteiger partial charge is 0.405 e. The highest BCUT2D eigenvalue weighted by molar-refractivity contribution is 5.73. The molecule has 29 heavy (non-hydrogen) atoms. The number of benzene rings is 1. The van der Waals surface area contributed by atoms with Gasteiger partial charge in [-0.3, -0.25) is 0 Å². The van der Waals surface area contributed by atoms with E-state index in [1.807, 2.05) is 39.0 Å². The molecule has 1 unspecified atom stereocenters. The summed E-state index contributed by atoms with van der Waals surface area (Å²) in [5.74, 6) is 1.26. The quantitative estimate of drug-likeness (QED) is 0.738. The Morgan fingerprint density at radius 2 is 2.00 bits per heavy atom. The van der Waals surface area contributed by atoms with Gasteiger partial charge in [0.05, 0.1) is 13.2 Å². The van der Waals surface area contributed by atoms with Crippen molar-refractivity contribution in [2.45, 2.75) is 59.1 Å². The van der Waals surface area contributed by atoms with E-state index in [0.717, 1.165) is 35.1 Å². The number of pyridine rings is 1. The maximum absolute atomic E-state index is 11.4. The maximum Gasteiger partial charge on any atom is 0.405 e. The number of hydrogen-bond donors (Lipinski definition) is 2. The highest BCUT2D eigenvalue weighted by Gasteiger charge is 2.37. The number of ether oxygens (including phenoxy) is 2. The van der Waals surface area contributed by atoms with Crippen molar-refractivity contribution in [3.05, 3.63) is 41.6 Å². The largest absolute Gasteiger partial charge is 0.496 e. The molecule has 6 heteroatoms. The van der Waals surface area contributed by atoms with Crippen LogP contribution in [0.4, 0.5) is 4.79 Å². The molecule has 1 aliphatic carbocycles. The number of aryl methyl sites for hydroxylation is 1. The van der Waals surface area contributed by atoms with Crippen molar-refractivity contribution in [3.63, 3.8) is 0 Å². The lowest BCUT2D eigenvalue weighted by Crippen LogP contribution is -2.40. The first-order valence-electron chi connectivity index (χ1n) is 9.86. The number of amides is 1. The Hall–Kier alpha value is -2.76. The Morgan fingerprint density at radius 3 is 2.62 bits per heavy atom. The van der Waals surface area contributed by atoms with E-state index >= 15 is 0 Å². The molecule has 1 heterocycles. The standard InChI is InChI=1S/C23H30N2O4/c1-22(2,3)29-19-12-15(8-10-24-19)16-11-14-7-9-23(4,5)20(25-21(26)27)17(14)13-18(16)28-6/h8,10-13,20,25H,7,9H2,1-6H3,(H,26,27). The number of carbonyl (C=O) groups is 1. The zero-order valence-corrected chi connectivity index (χ0v) is 18.0. The van der Waals surface area contributed by atoms with Crippen LogP contribution < -0.4 is 14.8 Å². The number of aromatic nitrogens is 1. The first-order valence-corrected chi connectivity index (χ1v) is 9.86. The van der Waals surface area contributed by atoms with Crippen LogP contribution in [0.2, 0.25) is 0 Å². The molecule has 0 aliphatic heterocycles. The van der Waals surface area contributed by atoms with Gasteiger partial charge in [-0.2, -0.15) is 0 Å². The Morgan fingerprint density at radius 1 is 1.28 bits per heavy atom. The monoisotopic (exact) mass is 398 g/mol. The molecule has 1 aliphatic rings. The van der Waals surface area contributed by atoms with Crippen LogP contribution in [0.1, 0.15) is 58.2 Å². The fourth-order valence-corrected chi connectivity index (χ4v) is 3.89. The summed E-state index contributed by atoms with van der Waals surface area (Å²) >= 11 is 0. The SMILES string of the molecule is COc1cc2c(cc1-c1ccnc(OC(C)(C)C)c1)CCC(C)(C)C2NC(=O)O. The Labute approximate surface area is 172 Å². The third kappa shape index (κ3) is 4.63. The van der Waals surface area contributed by atoms with Gasteiger partial charge >= 0.3 is 6.09 Å². The summed E-state index contributed by atoms with van der Waals surface area (Å²) in [6, 6.07) is 7.63. The molecular weight excluding hydrogens is 368 g/mol. The number of rotatable bonds is 4. The Balaban J connectivity index is 2.07. The second-order valence-corrected chi connectivity index (χ2v) is 9.22. The number of methoxy groups -OCH3 is 1. The minimum atomic E-state index is -1.02. The summed E-state index contributed by atoms with van der Waals surface area (Å²) in [6.07, 6.45) is 2.49. The van der Waals surface area contributed by atoms with E-state index < -0.39 is 6.09 Å². The fourth-order valence-electron chi connectivity index (χ4n) is 3.89. The van der Waals surface area contributed by atoms with Gasteiger partial charge in [-0.05, 0) is 73.9 Å². The highest BCUT2D eigenvalue weighted by Crippen LogP contribution is 2.46. The molecule has 0 saturated carbocycles. The zero-order chi connectivity index (χ0) is 21.4. The van der Waals surface area contributed by atoms with Crippen molar-refractivity contribution in [3.8, 4) is 22.8 Å². The Kier molecular flexibility index (Phi) is 5.48. The number of fused-ring (bicyclic) bond motifs is 1. The highest BCUT2D eigenvalue weighted by atomic mass is 16.5. The first kappa shape index (κ1) is 21.0. The second-order valence-electron chi connectivity index (χ2n) is 9.22. The maximum atomic E-state index is 11.4. The normalized spacial score (nSPS) is 17.9. The molecule has 2 aromatic rings. The molecular formula is C23H30N2O4. The summed E-state index contributed by atoms with van der Waals surface area (Å²) in [7, 11) is 1.63. The van der Waals surface area contributed by atoms with Crippen molar-refractivity contribution in [1.82, 2.24) is 10.3 Å². The van der Waals surface area contributed by atoms with E-state index in [0.29, 0.717) is 11.6 Å². The van der Waals surface area contributed by atoms with Gasteiger partial charge in [0, 0.05) is 17.8 Å². The first-order chi connectivity index (χ1) is 13.5. The Bertz CT molecular complexity index is 916. The average Bonchev–Trinajstić information content (AvgIpc) is 2.62. The molecule has 1 amide bonds. The minimum absolute atomic E-state index is 0.178. The van der Waals surface area contributed by atoms with Crippen LogP contribution in [0.15, 0.2) is 30.5 Å². The summed E-state index contributed by atoms with van der Waals surface area (Å²) in [5, 5.41) is 12.0. The van der Waals surface area contributed by atoms with Gasteiger partial charge in [-0.15, -0.1) is 0 Å². The van der Waals surface area contributed by atoms with Crippen LogP contribution in [0.25, 0.3) is 11.1 Å². The summed E-state index contributed by atoms with van der Waals surface area (Å²) in [6.45, 7) is 10.1. The summed E-state index contributed by atoms with van der Waals surface area (Å²) in [5.41, 5.74) is 3.49. The molecule has 0 saturated heterocycles. The molecule has 3 rings (SSSR count). The van der Waals surface area contributed by atoms with Crippen molar-refractivity contribution in [2.75, 3.05) is 7.11 Å². The van der Waals surface area contributed by atoms with Crippen molar-refractivity contribution in [2.24, 2.45) is 5.41 Å². The fraction of sp³-hybridized carbons (Fsp3) is 0.478. The summed E-state index contributed by atoms with van der Waals surface area (Å²) < 4.78 is 11.6. The van der Waals surface area contributed by atoms with E-state index in [1.165, 1.54) is 0 Å². The van der Waals surface area contributed by atoms with E-state index in [4.69, 9.17) is 9.47 Å². The third-order valence-electron chi connectivity index (χ3n) is 5.32. The van der Waals surface area contributed by atoms with Gasteiger partial charge in [-0.1, -0.05) is 13.8 Å². The molecule has 0 spiro atoms. The van der Waals surface area contributed by atoms with Crippen LogP contribution in [0.5, 0.6) is 11.6 Å². The molecule has 2 N–H and O–H groups in total. The number of carboxylic acid groups (broad SMARTS) is 1. The lowest BCUT2D eigenvalue weighted by Gasteiger charge is -2.40. The topological polar surface area (TPSA) is 80.7 Å². The number of nitrogens with zero attached hydrogens (tertiary/aromatic N) is 1. The lowest BCUT2D eigenvalue weighted by atomic mass is 9.70. The van der Waals surface area contributed by atoms with Gasteiger partial charge in [0.2, 0.25) is 5.88 Å². The molecule has 1 atom stereocenters. The van der Waals surface area contributed by atoms with Gasteiger partial charge < -0.3 is 19.9 Å². The molecule has 156 valence electrons.